The molecule has 0 aliphatic carbocycles. The zero-order chi connectivity index (χ0) is 5.44. The summed E-state index contributed by atoms with van der Waals surface area (Å²) >= 11 is 0. The van der Waals surface area contributed by atoms with Crippen LogP contribution < -0.4 is 0 Å². The first-order chi connectivity index (χ1) is 3.22. The number of rotatable bonds is 1. The minimum Gasteiger partial charge on any atom is -0.235 e. The van der Waals surface area contributed by atoms with E-state index >= 15 is 0 Å². The van der Waals surface area contributed by atoms with E-state index in [-0.39, 0.29) is 11.1 Å². The Morgan fingerprint density at radius 3 is 2.43 bits per heavy atom. The van der Waals surface area contributed by atoms with E-state index in [0.29, 0.717) is 6.54 Å². The molecule has 1 unspecified atom stereocenters. The lowest BCUT2D eigenvalue weighted by atomic mass is 10.6. The van der Waals surface area contributed by atoms with Gasteiger partial charge in [-0.05, 0) is 6.92 Å². The Hall–Kier alpha value is -0.800. The minimum atomic E-state index is -0.370. The normalized spacial score (nSPS) is 27.6. The number of hydrogen-bond donors (Lipinski definition) is 0. The molecule has 0 spiro atoms. The molecule has 0 aromatic carbocycles. The predicted molar refractivity (Wildman–Crippen MR) is 23.2 cm³/mol. The molecule has 40 valence electrons. The van der Waals surface area contributed by atoms with Crippen LogP contribution in [0.1, 0.15) is 6.92 Å². The van der Waals surface area contributed by atoms with Crippen molar-refractivity contribution in [2.24, 2.45) is 0 Å². The van der Waals surface area contributed by atoms with Crippen LogP contribution in [-0.2, 0) is 0 Å². The predicted octanol–water partition coefficient (Wildman–Crippen LogP) is -0.118. The summed E-state index contributed by atoms with van der Waals surface area (Å²) in [5, 5.41) is 10.5. The first kappa shape index (κ1) is 4.36. The van der Waals surface area contributed by atoms with E-state index in [1.165, 1.54) is 5.01 Å². The van der Waals surface area contributed by atoms with Crippen LogP contribution in [-0.4, -0.2) is 22.6 Å². The Morgan fingerprint density at radius 2 is 2.43 bits per heavy atom. The van der Waals surface area contributed by atoms with E-state index in [4.69, 9.17) is 0 Å². The summed E-state index contributed by atoms with van der Waals surface area (Å²) in [5.74, 6) is 0. The summed E-state index contributed by atoms with van der Waals surface area (Å²) in [6.45, 7) is 2.44. The van der Waals surface area contributed by atoms with Crippen molar-refractivity contribution in [2.75, 3.05) is 6.54 Å². The van der Waals surface area contributed by atoms with Crippen molar-refractivity contribution < 1.29 is 5.03 Å². The second-order valence-electron chi connectivity index (χ2n) is 1.71. The van der Waals surface area contributed by atoms with Crippen LogP contribution in [0.15, 0.2) is 0 Å². The standard InChI is InChI=1S/C3H6N2O2/c1-3-2-4(3)5(6)7/h3H,2H2,1H3. The molecule has 1 aliphatic heterocycles. The number of hydrazine groups is 1. The minimum absolute atomic E-state index is 0.176. The molecule has 1 fully saturated rings. The third-order valence-corrected chi connectivity index (χ3v) is 1.04. The molecule has 1 aliphatic rings. The van der Waals surface area contributed by atoms with Crippen molar-refractivity contribution in [3.63, 3.8) is 0 Å². The average Bonchev–Trinajstić information content (AvgIpc) is 2.17. The molecule has 4 nitrogen and oxygen atoms in total. The Bertz CT molecular complexity index is 103. The largest absolute Gasteiger partial charge is 0.235 e. The molecule has 0 amide bonds. The summed E-state index contributed by atoms with van der Waals surface area (Å²) in [7, 11) is 0. The van der Waals surface area contributed by atoms with Gasteiger partial charge in [0.15, 0.2) is 5.03 Å². The van der Waals surface area contributed by atoms with Gasteiger partial charge in [0.05, 0.1) is 0 Å². The fraction of sp³-hybridized carbons (Fsp3) is 1.00. The van der Waals surface area contributed by atoms with Crippen LogP contribution in [0.4, 0.5) is 0 Å². The maximum atomic E-state index is 9.70. The molecule has 0 aromatic heterocycles. The third-order valence-electron chi connectivity index (χ3n) is 1.04. The molecule has 4 heteroatoms. The smallest absolute Gasteiger partial charge is 0.160 e. The zero-order valence-electron chi connectivity index (χ0n) is 4.00. The lowest BCUT2D eigenvalue weighted by Gasteiger charge is -1.84. The van der Waals surface area contributed by atoms with Gasteiger partial charge in [0.25, 0.3) is 0 Å². The van der Waals surface area contributed by atoms with E-state index in [1.807, 2.05) is 6.92 Å². The van der Waals surface area contributed by atoms with Crippen LogP contribution in [0.5, 0.6) is 0 Å². The van der Waals surface area contributed by atoms with Crippen LogP contribution in [0.2, 0.25) is 0 Å². The van der Waals surface area contributed by atoms with Gasteiger partial charge in [0.2, 0.25) is 0 Å². The Labute approximate surface area is 40.8 Å². The zero-order valence-corrected chi connectivity index (χ0v) is 4.00. The number of hydrogen-bond acceptors (Lipinski definition) is 2. The molecular formula is C3H6N2O2. The Balaban J connectivity index is 2.33. The van der Waals surface area contributed by atoms with Crippen molar-refractivity contribution >= 4 is 0 Å². The molecule has 1 atom stereocenters. The van der Waals surface area contributed by atoms with Gasteiger partial charge in [0, 0.05) is 0 Å². The maximum absolute atomic E-state index is 9.70. The molecule has 0 bridgehead atoms. The highest BCUT2D eigenvalue weighted by molar-refractivity contribution is 4.75. The second-order valence-corrected chi connectivity index (χ2v) is 1.71. The van der Waals surface area contributed by atoms with Gasteiger partial charge in [-0.1, -0.05) is 0 Å². The highest BCUT2D eigenvalue weighted by Crippen LogP contribution is 2.13. The van der Waals surface area contributed by atoms with Gasteiger partial charge in [-0.3, -0.25) is 0 Å². The first-order valence-corrected chi connectivity index (χ1v) is 2.13. The monoisotopic (exact) mass is 102 g/mol. The fourth-order valence-corrected chi connectivity index (χ4v) is 0.451. The van der Waals surface area contributed by atoms with E-state index in [2.05, 4.69) is 0 Å². The molecular weight excluding hydrogens is 96.0 g/mol. The van der Waals surface area contributed by atoms with Crippen LogP contribution in [0, 0.1) is 10.1 Å². The van der Waals surface area contributed by atoms with E-state index in [9.17, 15) is 10.1 Å². The number of nitrogens with zero attached hydrogens (tertiary/aromatic N) is 2. The van der Waals surface area contributed by atoms with E-state index in [1.54, 1.807) is 0 Å². The lowest BCUT2D eigenvalue weighted by Crippen LogP contribution is -2.07. The highest BCUT2D eigenvalue weighted by atomic mass is 16.7. The first-order valence-electron chi connectivity index (χ1n) is 2.13. The molecule has 0 N–H and O–H groups in total. The topological polar surface area (TPSA) is 46.1 Å². The van der Waals surface area contributed by atoms with Gasteiger partial charge in [-0.25, -0.2) is 10.1 Å². The molecule has 0 aromatic rings. The van der Waals surface area contributed by atoms with Gasteiger partial charge in [-0.2, -0.15) is 0 Å². The van der Waals surface area contributed by atoms with Crippen molar-refractivity contribution in [1.29, 1.82) is 0 Å². The molecule has 0 saturated carbocycles. The molecule has 1 saturated heterocycles. The number of nitro groups is 1. The summed E-state index contributed by atoms with van der Waals surface area (Å²) in [6, 6.07) is 0.176. The van der Waals surface area contributed by atoms with Crippen molar-refractivity contribution in [3.05, 3.63) is 10.1 Å². The van der Waals surface area contributed by atoms with Gasteiger partial charge in [0.1, 0.15) is 12.6 Å². The summed E-state index contributed by atoms with van der Waals surface area (Å²) in [5.41, 5.74) is 0. The average molecular weight is 102 g/mol. The van der Waals surface area contributed by atoms with Crippen LogP contribution in [0.25, 0.3) is 0 Å². The summed E-state index contributed by atoms with van der Waals surface area (Å²) < 4.78 is 0. The fourth-order valence-electron chi connectivity index (χ4n) is 0.451. The summed E-state index contributed by atoms with van der Waals surface area (Å²) in [6.07, 6.45) is 0. The van der Waals surface area contributed by atoms with Gasteiger partial charge < -0.3 is 0 Å². The quantitative estimate of drug-likeness (QED) is 0.263. The molecule has 0 radical (unpaired) electrons. The van der Waals surface area contributed by atoms with Crippen molar-refractivity contribution in [1.82, 2.24) is 5.01 Å². The van der Waals surface area contributed by atoms with E-state index < -0.39 is 0 Å². The highest BCUT2D eigenvalue weighted by Gasteiger charge is 2.38. The van der Waals surface area contributed by atoms with Crippen LogP contribution in [0.3, 0.4) is 0 Å². The maximum Gasteiger partial charge on any atom is 0.160 e. The van der Waals surface area contributed by atoms with Gasteiger partial charge >= 0.3 is 0 Å². The Morgan fingerprint density at radius 1 is 2.00 bits per heavy atom. The van der Waals surface area contributed by atoms with Crippen LogP contribution >= 0.6 is 0 Å². The van der Waals surface area contributed by atoms with Gasteiger partial charge in [-0.15, -0.1) is 5.01 Å². The molecule has 7 heavy (non-hydrogen) atoms. The Kier molecular flexibility index (Phi) is 0.675. The summed E-state index contributed by atoms with van der Waals surface area (Å²) in [4.78, 5) is 9.70. The van der Waals surface area contributed by atoms with Crippen molar-refractivity contribution in [2.45, 2.75) is 13.0 Å². The third kappa shape index (κ3) is 0.629. The van der Waals surface area contributed by atoms with Crippen molar-refractivity contribution in [3.8, 4) is 0 Å². The molecule has 1 rings (SSSR count). The SMILES string of the molecule is CC1CN1[N+](=O)[O-]. The second kappa shape index (κ2) is 1.08. The lowest BCUT2D eigenvalue weighted by molar-refractivity contribution is -0.620. The van der Waals surface area contributed by atoms with E-state index in [0.717, 1.165) is 0 Å². The molecule has 1 heterocycles.